The predicted octanol–water partition coefficient (Wildman–Crippen LogP) is 1.56. The molecule has 2 N–H and O–H groups in total. The van der Waals surface area contributed by atoms with Crippen molar-refractivity contribution in [1.82, 2.24) is 14.9 Å². The van der Waals surface area contributed by atoms with E-state index in [0.717, 1.165) is 43.0 Å². The van der Waals surface area contributed by atoms with Crippen LogP contribution in [0.3, 0.4) is 0 Å². The van der Waals surface area contributed by atoms with Crippen molar-refractivity contribution in [1.29, 1.82) is 0 Å². The minimum absolute atomic E-state index is 0.643. The third-order valence-electron chi connectivity index (χ3n) is 3.34. The fraction of sp³-hybridized carbons (Fsp3) is 0.714. The van der Waals surface area contributed by atoms with Crippen molar-refractivity contribution in [2.75, 3.05) is 49.5 Å². The van der Waals surface area contributed by atoms with Crippen molar-refractivity contribution >= 4 is 27.7 Å². The molecule has 0 aliphatic carbocycles. The minimum atomic E-state index is -0.643. The molecule has 1 aromatic heterocycles. The van der Waals surface area contributed by atoms with E-state index >= 15 is 0 Å². The average molecular weight is 358 g/mol. The molecule has 1 aromatic rings. The number of halogens is 1. The van der Waals surface area contributed by atoms with E-state index in [2.05, 4.69) is 41.0 Å². The van der Waals surface area contributed by atoms with Gasteiger partial charge in [-0.1, -0.05) is 0 Å². The molecular formula is C14H24BrN5O. The summed E-state index contributed by atoms with van der Waals surface area (Å²) in [5, 5.41) is 13.0. The number of anilines is 2. The quantitative estimate of drug-likeness (QED) is 0.833. The van der Waals surface area contributed by atoms with E-state index in [1.807, 2.05) is 20.8 Å². The Kier molecular flexibility index (Phi) is 5.40. The van der Waals surface area contributed by atoms with Crippen LogP contribution < -0.4 is 10.2 Å². The highest BCUT2D eigenvalue weighted by Crippen LogP contribution is 2.25. The molecule has 21 heavy (non-hydrogen) atoms. The van der Waals surface area contributed by atoms with Crippen molar-refractivity contribution in [2.24, 2.45) is 0 Å². The molecule has 0 radical (unpaired) electrons. The number of aromatic nitrogens is 2. The summed E-state index contributed by atoms with van der Waals surface area (Å²) in [6.07, 6.45) is 1.80. The minimum Gasteiger partial charge on any atom is -0.389 e. The maximum Gasteiger partial charge on any atom is 0.224 e. The molecule has 0 spiro atoms. The lowest BCUT2D eigenvalue weighted by Crippen LogP contribution is -2.50. The normalized spacial score (nSPS) is 17.1. The fourth-order valence-electron chi connectivity index (χ4n) is 2.49. The zero-order chi connectivity index (χ0) is 15.5. The van der Waals surface area contributed by atoms with Crippen molar-refractivity contribution in [3.8, 4) is 0 Å². The van der Waals surface area contributed by atoms with Crippen LogP contribution in [0.4, 0.5) is 11.8 Å². The monoisotopic (exact) mass is 357 g/mol. The molecule has 0 atom stereocenters. The first-order chi connectivity index (χ1) is 9.89. The molecule has 2 heterocycles. The highest BCUT2D eigenvalue weighted by Gasteiger charge is 2.24. The van der Waals surface area contributed by atoms with Gasteiger partial charge >= 0.3 is 0 Å². The zero-order valence-corrected chi connectivity index (χ0v) is 14.5. The van der Waals surface area contributed by atoms with Crippen LogP contribution in [0.25, 0.3) is 0 Å². The highest BCUT2D eigenvalue weighted by molar-refractivity contribution is 9.10. The topological polar surface area (TPSA) is 64.5 Å². The van der Waals surface area contributed by atoms with Gasteiger partial charge in [0.1, 0.15) is 5.82 Å². The van der Waals surface area contributed by atoms with Gasteiger partial charge in [-0.2, -0.15) is 4.98 Å². The molecule has 0 saturated carbocycles. The maximum atomic E-state index is 9.90. The number of piperazine rings is 1. The van der Waals surface area contributed by atoms with Crippen LogP contribution in [0.2, 0.25) is 0 Å². The Labute approximate surface area is 134 Å². The highest BCUT2D eigenvalue weighted by atomic mass is 79.9. The largest absolute Gasteiger partial charge is 0.389 e. The van der Waals surface area contributed by atoms with Gasteiger partial charge in [-0.3, -0.25) is 4.90 Å². The summed E-state index contributed by atoms with van der Waals surface area (Å²) in [5.41, 5.74) is -0.643. The van der Waals surface area contributed by atoms with E-state index in [0.29, 0.717) is 12.5 Å². The van der Waals surface area contributed by atoms with Gasteiger partial charge in [0.15, 0.2) is 0 Å². The molecule has 1 aliphatic rings. The molecule has 0 bridgehead atoms. The molecule has 0 aromatic carbocycles. The second-order valence-corrected chi connectivity index (χ2v) is 6.83. The van der Waals surface area contributed by atoms with Gasteiger partial charge in [0.2, 0.25) is 5.95 Å². The van der Waals surface area contributed by atoms with Gasteiger partial charge in [-0.05, 0) is 36.7 Å². The zero-order valence-electron chi connectivity index (χ0n) is 12.9. The Bertz CT molecular complexity index is 469. The lowest BCUT2D eigenvalue weighted by atomic mass is 10.1. The summed E-state index contributed by atoms with van der Waals surface area (Å²) in [5.74, 6) is 1.60. The summed E-state index contributed by atoms with van der Waals surface area (Å²) in [6, 6.07) is 0. The van der Waals surface area contributed by atoms with Crippen LogP contribution in [0.1, 0.15) is 20.8 Å². The molecule has 7 heteroatoms. The maximum absolute atomic E-state index is 9.90. The van der Waals surface area contributed by atoms with Crippen molar-refractivity contribution in [3.05, 3.63) is 10.7 Å². The van der Waals surface area contributed by atoms with E-state index < -0.39 is 5.60 Å². The number of aliphatic hydroxyl groups is 1. The second-order valence-electron chi connectivity index (χ2n) is 5.97. The van der Waals surface area contributed by atoms with E-state index in [9.17, 15) is 5.11 Å². The van der Waals surface area contributed by atoms with E-state index in [4.69, 9.17) is 0 Å². The Morgan fingerprint density at radius 1 is 1.33 bits per heavy atom. The Balaban J connectivity index is 2.00. The van der Waals surface area contributed by atoms with Gasteiger partial charge in [0.05, 0.1) is 10.1 Å². The Morgan fingerprint density at radius 2 is 2.00 bits per heavy atom. The van der Waals surface area contributed by atoms with Gasteiger partial charge in [-0.15, -0.1) is 0 Å². The summed E-state index contributed by atoms with van der Waals surface area (Å²) in [6.45, 7) is 10.9. The number of nitrogens with one attached hydrogen (secondary N) is 1. The van der Waals surface area contributed by atoms with Crippen LogP contribution in [0, 0.1) is 0 Å². The summed E-state index contributed by atoms with van der Waals surface area (Å²) < 4.78 is 0.917. The summed E-state index contributed by atoms with van der Waals surface area (Å²) >= 11 is 3.53. The smallest absolute Gasteiger partial charge is 0.224 e. The van der Waals surface area contributed by atoms with Crippen molar-refractivity contribution in [2.45, 2.75) is 26.4 Å². The molecule has 1 fully saturated rings. The van der Waals surface area contributed by atoms with Gasteiger partial charge in [-0.25, -0.2) is 4.98 Å². The standard InChI is InChI=1S/C14H24BrN5O/c1-4-16-13-17-9-11(15)12(18-13)20-7-5-19(6-8-20)10-14(2,3)21/h9,21H,4-8,10H2,1-3H3,(H,16,17,18). The second kappa shape index (κ2) is 6.89. The van der Waals surface area contributed by atoms with Crippen LogP contribution in [-0.2, 0) is 0 Å². The summed E-state index contributed by atoms with van der Waals surface area (Å²) in [4.78, 5) is 13.4. The fourth-order valence-corrected chi connectivity index (χ4v) is 2.93. The van der Waals surface area contributed by atoms with E-state index in [-0.39, 0.29) is 0 Å². The molecule has 1 saturated heterocycles. The number of hydrogen-bond donors (Lipinski definition) is 2. The van der Waals surface area contributed by atoms with Crippen molar-refractivity contribution < 1.29 is 5.11 Å². The SMILES string of the molecule is CCNc1ncc(Br)c(N2CCN(CC(C)(C)O)CC2)n1. The average Bonchev–Trinajstić information content (AvgIpc) is 2.40. The summed E-state index contributed by atoms with van der Waals surface area (Å²) in [7, 11) is 0. The van der Waals surface area contributed by atoms with Crippen LogP contribution >= 0.6 is 15.9 Å². The lowest BCUT2D eigenvalue weighted by Gasteiger charge is -2.38. The lowest BCUT2D eigenvalue weighted by molar-refractivity contribution is 0.0344. The molecule has 118 valence electrons. The van der Waals surface area contributed by atoms with E-state index in [1.165, 1.54) is 0 Å². The third-order valence-corrected chi connectivity index (χ3v) is 3.90. The molecule has 0 unspecified atom stereocenters. The van der Waals surface area contributed by atoms with E-state index in [1.54, 1.807) is 6.20 Å². The molecule has 6 nitrogen and oxygen atoms in total. The van der Waals surface area contributed by atoms with Crippen LogP contribution in [0.15, 0.2) is 10.7 Å². The first kappa shape index (κ1) is 16.5. The molecular weight excluding hydrogens is 334 g/mol. The predicted molar refractivity (Wildman–Crippen MR) is 88.8 cm³/mol. The first-order valence-corrected chi connectivity index (χ1v) is 8.14. The van der Waals surface area contributed by atoms with Gasteiger partial charge < -0.3 is 15.3 Å². The number of β-amino-alcohol motifs (C(OH)–C–C–N with tert-alkyl or cyclic N) is 1. The Morgan fingerprint density at radius 3 is 2.57 bits per heavy atom. The van der Waals surface area contributed by atoms with Crippen LogP contribution in [-0.4, -0.2) is 64.8 Å². The Hall–Kier alpha value is -0.920. The number of rotatable bonds is 5. The first-order valence-electron chi connectivity index (χ1n) is 7.35. The third kappa shape index (κ3) is 4.79. The molecule has 1 aliphatic heterocycles. The van der Waals surface area contributed by atoms with Gasteiger partial charge in [0, 0.05) is 45.5 Å². The van der Waals surface area contributed by atoms with Crippen LogP contribution in [0.5, 0.6) is 0 Å². The van der Waals surface area contributed by atoms with Crippen molar-refractivity contribution in [3.63, 3.8) is 0 Å². The molecule has 2 rings (SSSR count). The van der Waals surface area contributed by atoms with Gasteiger partial charge in [0.25, 0.3) is 0 Å². The number of nitrogens with zero attached hydrogens (tertiary/aromatic N) is 4. The molecule has 0 amide bonds. The number of hydrogen-bond acceptors (Lipinski definition) is 6.